The van der Waals surface area contributed by atoms with Gasteiger partial charge in [0.25, 0.3) is 0 Å². The highest BCUT2D eigenvalue weighted by Gasteiger charge is 2.63. The van der Waals surface area contributed by atoms with Crippen molar-refractivity contribution in [2.75, 3.05) is 13.1 Å². The van der Waals surface area contributed by atoms with Gasteiger partial charge in [-0.3, -0.25) is 4.79 Å². The monoisotopic (exact) mass is 316 g/mol. The Bertz CT molecular complexity index is 564. The number of rotatable bonds is 5. The van der Waals surface area contributed by atoms with Gasteiger partial charge in [0.1, 0.15) is 0 Å². The minimum Gasteiger partial charge on any atom is -0.294 e. The maximum atomic E-state index is 12.9. The Labute approximate surface area is 141 Å². The van der Waals surface area contributed by atoms with Crippen LogP contribution in [0.1, 0.15) is 65.2 Å². The lowest BCUT2D eigenvalue weighted by molar-refractivity contribution is -0.0710. The first-order chi connectivity index (χ1) is 10.6. The van der Waals surface area contributed by atoms with Crippen molar-refractivity contribution in [1.29, 1.82) is 0 Å². The number of hydrazine groups is 1. The summed E-state index contributed by atoms with van der Waals surface area (Å²) in [6.45, 7) is 17.7. The first kappa shape index (κ1) is 18.2. The molecule has 0 radical (unpaired) electrons. The molecule has 0 aliphatic carbocycles. The van der Waals surface area contributed by atoms with Gasteiger partial charge in [0, 0.05) is 41.6 Å². The van der Waals surface area contributed by atoms with Crippen LogP contribution in [0.2, 0.25) is 0 Å². The van der Waals surface area contributed by atoms with Crippen LogP contribution < -0.4 is 0 Å². The van der Waals surface area contributed by atoms with E-state index in [1.54, 1.807) is 0 Å². The van der Waals surface area contributed by atoms with Crippen LogP contribution >= 0.6 is 0 Å². The summed E-state index contributed by atoms with van der Waals surface area (Å²) in [4.78, 5) is 12.9. The van der Waals surface area contributed by atoms with E-state index < -0.39 is 0 Å². The molecule has 3 heteroatoms. The normalized spacial score (nSPS) is 27.3. The lowest BCUT2D eigenvalue weighted by atomic mass is 9.62. The zero-order valence-electron chi connectivity index (χ0n) is 15.8. The summed E-state index contributed by atoms with van der Waals surface area (Å²) in [6.07, 6.45) is 0.539. The van der Waals surface area contributed by atoms with Crippen molar-refractivity contribution in [2.24, 2.45) is 5.41 Å². The minimum atomic E-state index is -0.200. The molecule has 1 unspecified atom stereocenters. The number of hydrogen-bond donors (Lipinski definition) is 0. The van der Waals surface area contributed by atoms with E-state index in [1.807, 2.05) is 30.3 Å². The maximum absolute atomic E-state index is 12.9. The molecule has 1 fully saturated rings. The van der Waals surface area contributed by atoms with Gasteiger partial charge in [-0.25, -0.2) is 10.0 Å². The van der Waals surface area contributed by atoms with Crippen LogP contribution in [0.15, 0.2) is 30.3 Å². The molecule has 0 N–H and O–H groups in total. The summed E-state index contributed by atoms with van der Waals surface area (Å²) in [5.74, 6) is 0.230. The fourth-order valence-corrected chi connectivity index (χ4v) is 4.31. The van der Waals surface area contributed by atoms with Crippen molar-refractivity contribution < 1.29 is 4.79 Å². The van der Waals surface area contributed by atoms with E-state index in [0.717, 1.165) is 18.7 Å². The predicted octanol–water partition coefficient (Wildman–Crippen LogP) is 4.40. The largest absolute Gasteiger partial charge is 0.294 e. The van der Waals surface area contributed by atoms with E-state index in [-0.39, 0.29) is 22.3 Å². The van der Waals surface area contributed by atoms with Crippen molar-refractivity contribution in [1.82, 2.24) is 10.0 Å². The number of Topliss-reactive ketones (excluding diaryl/α,β-unsaturated/α-hetero) is 1. The standard InChI is InChI=1S/C20H32N2O/c1-8-21-19(5,6)18(3,4)20(7,22(21)9-2)15-17(23)16-13-11-10-12-14-16/h10-14H,8-9,15H2,1-7H3. The molecular formula is C20H32N2O. The van der Waals surface area contributed by atoms with E-state index in [4.69, 9.17) is 0 Å². The Morgan fingerprint density at radius 2 is 1.43 bits per heavy atom. The average Bonchev–Trinajstić information content (AvgIpc) is 2.62. The van der Waals surface area contributed by atoms with E-state index >= 15 is 0 Å². The van der Waals surface area contributed by atoms with Gasteiger partial charge >= 0.3 is 0 Å². The molecule has 0 bridgehead atoms. The highest BCUT2D eigenvalue weighted by Crippen LogP contribution is 2.56. The lowest BCUT2D eigenvalue weighted by Gasteiger charge is -2.45. The Balaban J connectivity index is 2.43. The van der Waals surface area contributed by atoms with Gasteiger partial charge in [0.2, 0.25) is 0 Å². The summed E-state index contributed by atoms with van der Waals surface area (Å²) in [6, 6.07) is 9.68. The molecule has 1 aliphatic rings. The van der Waals surface area contributed by atoms with Crippen LogP contribution in [0.5, 0.6) is 0 Å². The topological polar surface area (TPSA) is 23.6 Å². The molecule has 1 aromatic rings. The maximum Gasteiger partial charge on any atom is 0.164 e. The number of carbonyl (C=O) groups is 1. The van der Waals surface area contributed by atoms with Gasteiger partial charge in [0.15, 0.2) is 5.78 Å². The second-order valence-electron chi connectivity index (χ2n) is 7.86. The van der Waals surface area contributed by atoms with Crippen LogP contribution in [0.4, 0.5) is 0 Å². The molecule has 1 saturated heterocycles. The third kappa shape index (κ3) is 2.54. The number of nitrogens with zero attached hydrogens (tertiary/aromatic N) is 2. The summed E-state index contributed by atoms with van der Waals surface area (Å²) in [5, 5.41) is 4.87. The highest BCUT2D eigenvalue weighted by atomic mass is 16.1. The molecule has 23 heavy (non-hydrogen) atoms. The summed E-state index contributed by atoms with van der Waals surface area (Å²) in [7, 11) is 0. The van der Waals surface area contributed by atoms with Crippen LogP contribution in [0.3, 0.4) is 0 Å². The van der Waals surface area contributed by atoms with E-state index in [0.29, 0.717) is 6.42 Å². The van der Waals surface area contributed by atoms with Crippen LogP contribution in [-0.2, 0) is 0 Å². The minimum absolute atomic E-state index is 0.00345. The predicted molar refractivity (Wildman–Crippen MR) is 96.4 cm³/mol. The second kappa shape index (κ2) is 6.03. The van der Waals surface area contributed by atoms with E-state index in [2.05, 4.69) is 58.5 Å². The molecule has 1 aromatic carbocycles. The Morgan fingerprint density at radius 3 is 1.91 bits per heavy atom. The molecule has 1 heterocycles. The zero-order valence-corrected chi connectivity index (χ0v) is 15.8. The lowest BCUT2D eigenvalue weighted by Crippen LogP contribution is -2.53. The van der Waals surface area contributed by atoms with Crippen molar-refractivity contribution in [2.45, 2.75) is 66.0 Å². The number of ketones is 1. The third-order valence-corrected chi connectivity index (χ3v) is 6.58. The van der Waals surface area contributed by atoms with Crippen molar-refractivity contribution in [3.63, 3.8) is 0 Å². The fourth-order valence-electron chi connectivity index (χ4n) is 4.31. The van der Waals surface area contributed by atoms with Crippen LogP contribution in [0, 0.1) is 5.41 Å². The van der Waals surface area contributed by atoms with Crippen molar-refractivity contribution >= 4 is 5.78 Å². The first-order valence-electron chi connectivity index (χ1n) is 8.77. The van der Waals surface area contributed by atoms with Crippen LogP contribution in [0.25, 0.3) is 0 Å². The van der Waals surface area contributed by atoms with Crippen LogP contribution in [-0.4, -0.2) is 40.0 Å². The van der Waals surface area contributed by atoms with Gasteiger partial charge in [0.05, 0.1) is 0 Å². The Hall–Kier alpha value is -1.19. The Kier molecular flexibility index (Phi) is 4.76. The molecular weight excluding hydrogens is 284 g/mol. The molecule has 0 spiro atoms. The van der Waals surface area contributed by atoms with Crippen molar-refractivity contribution in [3.8, 4) is 0 Å². The van der Waals surface area contributed by atoms with Gasteiger partial charge in [-0.1, -0.05) is 58.0 Å². The Morgan fingerprint density at radius 1 is 0.913 bits per heavy atom. The SMILES string of the molecule is CCN1N(CC)C(C)(CC(=O)c2ccccc2)C(C)(C)C1(C)C. The molecule has 128 valence electrons. The molecule has 2 rings (SSSR count). The quantitative estimate of drug-likeness (QED) is 0.752. The summed E-state index contributed by atoms with van der Waals surface area (Å²) < 4.78 is 0. The van der Waals surface area contributed by atoms with Crippen molar-refractivity contribution in [3.05, 3.63) is 35.9 Å². The highest BCUT2D eigenvalue weighted by molar-refractivity contribution is 5.96. The summed E-state index contributed by atoms with van der Waals surface area (Å²) >= 11 is 0. The number of benzene rings is 1. The molecule has 0 saturated carbocycles. The number of hydrogen-bond acceptors (Lipinski definition) is 3. The molecule has 1 atom stereocenters. The van der Waals surface area contributed by atoms with Gasteiger partial charge in [-0.15, -0.1) is 0 Å². The molecule has 3 nitrogen and oxygen atoms in total. The molecule has 1 aliphatic heterocycles. The smallest absolute Gasteiger partial charge is 0.164 e. The molecule has 0 aromatic heterocycles. The second-order valence-corrected chi connectivity index (χ2v) is 7.86. The third-order valence-electron chi connectivity index (χ3n) is 6.58. The average molecular weight is 316 g/mol. The fraction of sp³-hybridized carbons (Fsp3) is 0.650. The van der Waals surface area contributed by atoms with E-state index in [9.17, 15) is 4.79 Å². The first-order valence-corrected chi connectivity index (χ1v) is 8.77. The number of carbonyl (C=O) groups excluding carboxylic acids is 1. The van der Waals surface area contributed by atoms with Gasteiger partial charge in [-0.05, 0) is 20.8 Å². The van der Waals surface area contributed by atoms with Gasteiger partial charge < -0.3 is 0 Å². The van der Waals surface area contributed by atoms with Gasteiger partial charge in [-0.2, -0.15) is 0 Å². The summed E-state index contributed by atoms with van der Waals surface area (Å²) in [5.41, 5.74) is 0.599. The molecule has 0 amide bonds. The van der Waals surface area contributed by atoms with E-state index in [1.165, 1.54) is 0 Å². The zero-order chi connectivity index (χ0) is 17.5.